The number of benzene rings is 1. The van der Waals surface area contributed by atoms with Crippen molar-refractivity contribution >= 4 is 0 Å². The second-order valence-corrected chi connectivity index (χ2v) is 6.13. The molecule has 0 bridgehead atoms. The Hall–Kier alpha value is -3.73. The Morgan fingerprint density at radius 1 is 0.571 bits per heavy atom. The van der Waals surface area contributed by atoms with Crippen LogP contribution in [0.25, 0.3) is 33.9 Å². The van der Waals surface area contributed by atoms with Crippen LogP contribution in [0.15, 0.2) is 79.1 Å². The van der Waals surface area contributed by atoms with Crippen LogP contribution in [-0.4, -0.2) is 29.2 Å². The maximum absolute atomic E-state index is 5.46. The molecule has 0 radical (unpaired) electrons. The molecule has 0 aliphatic carbocycles. The minimum atomic E-state index is 0.676. The molecule has 0 unspecified atom stereocenters. The smallest absolute Gasteiger partial charge is 0.161 e. The van der Waals surface area contributed by atoms with Gasteiger partial charge in [0.2, 0.25) is 0 Å². The maximum atomic E-state index is 5.46. The van der Waals surface area contributed by atoms with Crippen molar-refractivity contribution < 1.29 is 9.47 Å². The number of methoxy groups -OCH3 is 2. The van der Waals surface area contributed by atoms with Gasteiger partial charge in [0.25, 0.3) is 0 Å². The van der Waals surface area contributed by atoms with Gasteiger partial charge in [0.15, 0.2) is 11.5 Å². The Morgan fingerprint density at radius 3 is 1.68 bits per heavy atom. The number of ether oxygens (including phenoxy) is 2. The Balaban J connectivity index is 1.89. The van der Waals surface area contributed by atoms with Gasteiger partial charge < -0.3 is 9.47 Å². The van der Waals surface area contributed by atoms with E-state index in [1.165, 1.54) is 0 Å². The molecule has 0 saturated carbocycles. The van der Waals surface area contributed by atoms with Crippen LogP contribution < -0.4 is 9.47 Å². The van der Waals surface area contributed by atoms with Crippen LogP contribution in [0.4, 0.5) is 0 Å². The summed E-state index contributed by atoms with van der Waals surface area (Å²) in [4.78, 5) is 13.7. The molecule has 28 heavy (non-hydrogen) atoms. The van der Waals surface area contributed by atoms with E-state index in [1.807, 2.05) is 66.7 Å². The van der Waals surface area contributed by atoms with Gasteiger partial charge in [-0.25, -0.2) is 4.98 Å². The van der Waals surface area contributed by atoms with E-state index in [9.17, 15) is 0 Å². The zero-order valence-electron chi connectivity index (χ0n) is 15.7. The summed E-state index contributed by atoms with van der Waals surface area (Å²) in [6.45, 7) is 0. The first-order valence-electron chi connectivity index (χ1n) is 8.86. The van der Waals surface area contributed by atoms with Crippen molar-refractivity contribution in [2.45, 2.75) is 0 Å². The lowest BCUT2D eigenvalue weighted by Gasteiger charge is -2.12. The predicted molar refractivity (Wildman–Crippen MR) is 109 cm³/mol. The predicted octanol–water partition coefficient (Wildman–Crippen LogP) is 4.89. The highest BCUT2D eigenvalue weighted by molar-refractivity contribution is 5.76. The lowest BCUT2D eigenvalue weighted by atomic mass is 10.0. The minimum absolute atomic E-state index is 0.676. The van der Waals surface area contributed by atoms with Crippen molar-refractivity contribution in [3.63, 3.8) is 0 Å². The van der Waals surface area contributed by atoms with Crippen LogP contribution >= 0.6 is 0 Å². The summed E-state index contributed by atoms with van der Waals surface area (Å²) in [5, 5.41) is 0. The van der Waals surface area contributed by atoms with Crippen molar-refractivity contribution in [2.75, 3.05) is 14.2 Å². The number of aromatic nitrogens is 3. The third-order valence-electron chi connectivity index (χ3n) is 4.40. The van der Waals surface area contributed by atoms with Crippen LogP contribution in [0, 0.1) is 0 Å². The molecule has 0 fully saturated rings. The van der Waals surface area contributed by atoms with E-state index in [-0.39, 0.29) is 0 Å². The van der Waals surface area contributed by atoms with Crippen LogP contribution in [0.2, 0.25) is 0 Å². The fraction of sp³-hybridized carbons (Fsp3) is 0.0870. The molecule has 138 valence electrons. The van der Waals surface area contributed by atoms with Crippen molar-refractivity contribution in [2.24, 2.45) is 0 Å². The number of hydrogen-bond acceptors (Lipinski definition) is 5. The zero-order chi connectivity index (χ0) is 19.3. The fourth-order valence-corrected chi connectivity index (χ4v) is 3.00. The molecule has 5 heteroatoms. The summed E-state index contributed by atoms with van der Waals surface area (Å²) in [6, 6.07) is 21.5. The molecule has 0 amide bonds. The van der Waals surface area contributed by atoms with E-state index in [2.05, 4.69) is 9.97 Å². The second-order valence-electron chi connectivity index (χ2n) is 6.13. The lowest BCUT2D eigenvalue weighted by molar-refractivity contribution is 0.355. The normalized spacial score (nSPS) is 10.5. The molecule has 3 aromatic heterocycles. The summed E-state index contributed by atoms with van der Waals surface area (Å²) in [6.07, 6.45) is 3.53. The van der Waals surface area contributed by atoms with Crippen LogP contribution in [-0.2, 0) is 0 Å². The molecule has 0 saturated heterocycles. The van der Waals surface area contributed by atoms with E-state index in [1.54, 1.807) is 26.6 Å². The summed E-state index contributed by atoms with van der Waals surface area (Å²) in [5.74, 6) is 1.37. The van der Waals surface area contributed by atoms with Crippen molar-refractivity contribution in [1.29, 1.82) is 0 Å². The zero-order valence-corrected chi connectivity index (χ0v) is 15.7. The molecule has 5 nitrogen and oxygen atoms in total. The Morgan fingerprint density at radius 2 is 1.18 bits per heavy atom. The molecule has 0 spiro atoms. The lowest BCUT2D eigenvalue weighted by Crippen LogP contribution is -1.95. The van der Waals surface area contributed by atoms with Gasteiger partial charge in [-0.3, -0.25) is 9.97 Å². The van der Waals surface area contributed by atoms with Gasteiger partial charge in [0, 0.05) is 12.4 Å². The van der Waals surface area contributed by atoms with E-state index in [0.717, 1.165) is 33.9 Å². The first-order chi connectivity index (χ1) is 13.8. The van der Waals surface area contributed by atoms with Gasteiger partial charge >= 0.3 is 0 Å². The molecule has 0 N–H and O–H groups in total. The first-order valence-corrected chi connectivity index (χ1v) is 8.86. The SMILES string of the molecule is COc1ccc(-c2cc(-c3ccccn3)nc(-c3ccccn3)c2)cc1OC. The molecular formula is C23H19N3O2. The Kier molecular flexibility index (Phi) is 4.97. The Bertz CT molecular complexity index is 1030. The monoisotopic (exact) mass is 369 g/mol. The molecular weight excluding hydrogens is 350 g/mol. The topological polar surface area (TPSA) is 57.1 Å². The average molecular weight is 369 g/mol. The summed E-state index contributed by atoms with van der Waals surface area (Å²) < 4.78 is 10.8. The third kappa shape index (κ3) is 3.55. The quantitative estimate of drug-likeness (QED) is 0.501. The van der Waals surface area contributed by atoms with E-state index in [0.29, 0.717) is 11.5 Å². The number of rotatable bonds is 5. The van der Waals surface area contributed by atoms with Crippen molar-refractivity contribution in [3.05, 3.63) is 79.1 Å². The molecule has 4 aromatic rings. The highest BCUT2D eigenvalue weighted by atomic mass is 16.5. The number of nitrogens with zero attached hydrogens (tertiary/aromatic N) is 3. The van der Waals surface area contributed by atoms with E-state index < -0.39 is 0 Å². The minimum Gasteiger partial charge on any atom is -0.493 e. The van der Waals surface area contributed by atoms with Gasteiger partial charge in [-0.15, -0.1) is 0 Å². The van der Waals surface area contributed by atoms with Crippen LogP contribution in [0.3, 0.4) is 0 Å². The summed E-state index contributed by atoms with van der Waals surface area (Å²) >= 11 is 0. The molecule has 0 aliphatic heterocycles. The molecule has 1 aromatic carbocycles. The van der Waals surface area contributed by atoms with Crippen LogP contribution in [0.1, 0.15) is 0 Å². The molecule has 4 rings (SSSR count). The number of pyridine rings is 3. The van der Waals surface area contributed by atoms with Gasteiger partial charge in [-0.2, -0.15) is 0 Å². The van der Waals surface area contributed by atoms with Crippen molar-refractivity contribution in [1.82, 2.24) is 15.0 Å². The Labute approximate surface area is 163 Å². The average Bonchev–Trinajstić information content (AvgIpc) is 2.79. The third-order valence-corrected chi connectivity index (χ3v) is 4.40. The largest absolute Gasteiger partial charge is 0.493 e. The highest BCUT2D eigenvalue weighted by Gasteiger charge is 2.12. The van der Waals surface area contributed by atoms with Gasteiger partial charge in [0.1, 0.15) is 0 Å². The fourth-order valence-electron chi connectivity index (χ4n) is 3.00. The summed E-state index contributed by atoms with van der Waals surface area (Å²) in [7, 11) is 3.26. The first kappa shape index (κ1) is 17.7. The van der Waals surface area contributed by atoms with Gasteiger partial charge in [-0.1, -0.05) is 18.2 Å². The van der Waals surface area contributed by atoms with E-state index in [4.69, 9.17) is 14.5 Å². The van der Waals surface area contributed by atoms with Gasteiger partial charge in [0.05, 0.1) is 37.0 Å². The number of hydrogen-bond donors (Lipinski definition) is 0. The molecule has 0 aliphatic rings. The molecule has 0 atom stereocenters. The standard InChI is InChI=1S/C23H19N3O2/c1-27-22-10-9-16(15-23(22)28-2)17-13-20(18-7-3-5-11-24-18)26-21(14-17)19-8-4-6-12-25-19/h3-15H,1-2H3. The van der Waals surface area contributed by atoms with Crippen LogP contribution in [0.5, 0.6) is 11.5 Å². The second kappa shape index (κ2) is 7.88. The van der Waals surface area contributed by atoms with Crippen molar-refractivity contribution in [3.8, 4) is 45.4 Å². The van der Waals surface area contributed by atoms with Gasteiger partial charge in [-0.05, 0) is 59.7 Å². The highest BCUT2D eigenvalue weighted by Crippen LogP contribution is 2.34. The summed E-state index contributed by atoms with van der Waals surface area (Å²) in [5.41, 5.74) is 5.18. The van der Waals surface area contributed by atoms with E-state index >= 15 is 0 Å². The molecule has 3 heterocycles. The maximum Gasteiger partial charge on any atom is 0.161 e.